The summed E-state index contributed by atoms with van der Waals surface area (Å²) in [6.45, 7) is 3.96. The van der Waals surface area contributed by atoms with Crippen LogP contribution in [0.5, 0.6) is 0 Å². The van der Waals surface area contributed by atoms with Gasteiger partial charge in [0, 0.05) is 5.69 Å². The summed E-state index contributed by atoms with van der Waals surface area (Å²) in [7, 11) is 0. The lowest BCUT2D eigenvalue weighted by Gasteiger charge is -2.13. The van der Waals surface area contributed by atoms with E-state index < -0.39 is 0 Å². The van der Waals surface area contributed by atoms with E-state index in [1.165, 1.54) is 0 Å². The third-order valence-corrected chi connectivity index (χ3v) is 2.24. The number of aromatic nitrogens is 1. The number of rotatable bonds is 4. The van der Waals surface area contributed by atoms with Gasteiger partial charge in [-0.15, -0.1) is 6.42 Å². The van der Waals surface area contributed by atoms with Crippen LogP contribution < -0.4 is 5.32 Å². The molecule has 0 radical (unpaired) electrons. The van der Waals surface area contributed by atoms with Gasteiger partial charge in [0.15, 0.2) is 0 Å². The minimum absolute atomic E-state index is 0.0635. The molecule has 0 aliphatic heterocycles. The summed E-state index contributed by atoms with van der Waals surface area (Å²) in [5.74, 6) is 3.24. The Hall–Kier alpha value is -2.00. The fourth-order valence-corrected chi connectivity index (χ4v) is 1.41. The average molecular weight is 213 g/mol. The van der Waals surface area contributed by atoms with E-state index in [4.69, 9.17) is 11.7 Å². The molecule has 1 heterocycles. The third kappa shape index (κ3) is 3.00. The molecule has 0 saturated carbocycles. The molecule has 0 amide bonds. The van der Waals surface area contributed by atoms with Gasteiger partial charge in [-0.05, 0) is 25.5 Å². The number of aryl methyl sites for hydroxylation is 1. The largest absolute Gasteiger partial charge is 0.355 e. The molecule has 0 bridgehead atoms. The number of hydrogen-bond acceptors (Lipinski definition) is 3. The van der Waals surface area contributed by atoms with Crippen LogP contribution in [0.2, 0.25) is 0 Å². The second kappa shape index (κ2) is 5.78. The fourth-order valence-electron chi connectivity index (χ4n) is 1.41. The number of nitrogens with one attached hydrogen (secondary N) is 1. The van der Waals surface area contributed by atoms with Gasteiger partial charge in [0.25, 0.3) is 0 Å². The molecule has 0 aliphatic rings. The number of hydrogen-bond donors (Lipinski definition) is 1. The molecule has 0 spiro atoms. The zero-order valence-electron chi connectivity index (χ0n) is 9.62. The summed E-state index contributed by atoms with van der Waals surface area (Å²) in [5.41, 5.74) is 1.40. The first-order chi connectivity index (χ1) is 7.71. The number of anilines is 1. The van der Waals surface area contributed by atoms with Gasteiger partial charge in [0.1, 0.15) is 11.9 Å². The Balaban J connectivity index is 2.91. The molecule has 3 nitrogen and oxygen atoms in total. The summed E-state index contributed by atoms with van der Waals surface area (Å²) < 4.78 is 0. The highest BCUT2D eigenvalue weighted by atomic mass is 15.0. The molecule has 1 rings (SSSR count). The summed E-state index contributed by atoms with van der Waals surface area (Å²) in [4.78, 5) is 4.28. The van der Waals surface area contributed by atoms with E-state index in [9.17, 15) is 0 Å². The lowest BCUT2D eigenvalue weighted by Crippen LogP contribution is -2.18. The van der Waals surface area contributed by atoms with Crippen LogP contribution in [0.4, 0.5) is 5.82 Å². The van der Waals surface area contributed by atoms with Crippen molar-refractivity contribution in [1.82, 2.24) is 4.98 Å². The van der Waals surface area contributed by atoms with Gasteiger partial charge >= 0.3 is 0 Å². The predicted octanol–water partition coefficient (Wildman–Crippen LogP) is 2.48. The lowest BCUT2D eigenvalue weighted by molar-refractivity contribution is 0.752. The first-order valence-corrected chi connectivity index (χ1v) is 5.31. The van der Waals surface area contributed by atoms with Gasteiger partial charge in [-0.2, -0.15) is 5.26 Å². The molecule has 1 aromatic rings. The highest BCUT2D eigenvalue weighted by Gasteiger charge is 2.08. The van der Waals surface area contributed by atoms with Gasteiger partial charge in [0.05, 0.1) is 11.6 Å². The van der Waals surface area contributed by atoms with Crippen molar-refractivity contribution in [2.75, 3.05) is 5.32 Å². The van der Waals surface area contributed by atoms with E-state index in [-0.39, 0.29) is 6.04 Å². The molecule has 82 valence electrons. The quantitative estimate of drug-likeness (QED) is 0.782. The van der Waals surface area contributed by atoms with Crippen LogP contribution in [0, 0.1) is 30.6 Å². The van der Waals surface area contributed by atoms with Crippen molar-refractivity contribution >= 4 is 5.82 Å². The Morgan fingerprint density at radius 3 is 2.88 bits per heavy atom. The maximum absolute atomic E-state index is 8.94. The van der Waals surface area contributed by atoms with Gasteiger partial charge in [-0.3, -0.25) is 0 Å². The maximum Gasteiger partial charge on any atom is 0.145 e. The van der Waals surface area contributed by atoms with E-state index in [1.807, 2.05) is 13.0 Å². The minimum atomic E-state index is -0.0635. The van der Waals surface area contributed by atoms with E-state index >= 15 is 0 Å². The standard InChI is InChI=1S/C13H15N3/c1-4-6-12(5-2)16-13-11(9-14)8-7-10(3)15-13/h2,7-8,12H,4,6H2,1,3H3,(H,15,16). The van der Waals surface area contributed by atoms with Crippen molar-refractivity contribution in [3.05, 3.63) is 23.4 Å². The molecule has 1 atom stereocenters. The van der Waals surface area contributed by atoms with Crippen molar-refractivity contribution in [3.63, 3.8) is 0 Å². The zero-order valence-corrected chi connectivity index (χ0v) is 9.62. The van der Waals surface area contributed by atoms with Crippen molar-refractivity contribution in [2.24, 2.45) is 0 Å². The van der Waals surface area contributed by atoms with Crippen molar-refractivity contribution in [1.29, 1.82) is 5.26 Å². The van der Waals surface area contributed by atoms with Crippen LogP contribution in [-0.4, -0.2) is 11.0 Å². The monoisotopic (exact) mass is 213 g/mol. The van der Waals surface area contributed by atoms with E-state index in [0.29, 0.717) is 11.4 Å². The topological polar surface area (TPSA) is 48.7 Å². The maximum atomic E-state index is 8.94. The molecule has 0 fully saturated rings. The van der Waals surface area contributed by atoms with Gasteiger partial charge in [-0.1, -0.05) is 19.3 Å². The van der Waals surface area contributed by atoms with Crippen LogP contribution >= 0.6 is 0 Å². The molecule has 0 aliphatic carbocycles. The number of nitriles is 1. The van der Waals surface area contributed by atoms with Crippen LogP contribution in [0.15, 0.2) is 12.1 Å². The fraction of sp³-hybridized carbons (Fsp3) is 0.385. The van der Waals surface area contributed by atoms with Crippen LogP contribution in [0.1, 0.15) is 31.0 Å². The van der Waals surface area contributed by atoms with Crippen molar-refractivity contribution in [3.8, 4) is 18.4 Å². The third-order valence-electron chi connectivity index (χ3n) is 2.24. The second-order valence-electron chi connectivity index (χ2n) is 3.61. The Morgan fingerprint density at radius 2 is 2.31 bits per heavy atom. The van der Waals surface area contributed by atoms with Crippen molar-refractivity contribution < 1.29 is 0 Å². The van der Waals surface area contributed by atoms with Crippen LogP contribution in [0.3, 0.4) is 0 Å². The summed E-state index contributed by atoms with van der Waals surface area (Å²) in [6.07, 6.45) is 7.28. The smallest absolute Gasteiger partial charge is 0.145 e. The summed E-state index contributed by atoms with van der Waals surface area (Å²) in [6, 6.07) is 5.61. The van der Waals surface area contributed by atoms with Gasteiger partial charge in [-0.25, -0.2) is 4.98 Å². The van der Waals surface area contributed by atoms with E-state index in [2.05, 4.69) is 29.2 Å². The van der Waals surface area contributed by atoms with Crippen molar-refractivity contribution in [2.45, 2.75) is 32.7 Å². The molecule has 0 aromatic carbocycles. The highest BCUT2D eigenvalue weighted by molar-refractivity contribution is 5.53. The molecule has 0 saturated heterocycles. The van der Waals surface area contributed by atoms with E-state index in [1.54, 1.807) is 6.07 Å². The Bertz CT molecular complexity index is 437. The molecule has 16 heavy (non-hydrogen) atoms. The molecule has 1 aromatic heterocycles. The Kier molecular flexibility index (Phi) is 4.36. The first kappa shape index (κ1) is 12.1. The number of pyridine rings is 1. The molecule has 1 unspecified atom stereocenters. The lowest BCUT2D eigenvalue weighted by atomic mass is 10.1. The number of nitrogens with zero attached hydrogens (tertiary/aromatic N) is 2. The highest BCUT2D eigenvalue weighted by Crippen LogP contribution is 2.14. The van der Waals surface area contributed by atoms with E-state index in [0.717, 1.165) is 18.5 Å². The molecule has 1 N–H and O–H groups in total. The first-order valence-electron chi connectivity index (χ1n) is 5.31. The average Bonchev–Trinajstić information content (AvgIpc) is 2.29. The second-order valence-corrected chi connectivity index (χ2v) is 3.61. The minimum Gasteiger partial charge on any atom is -0.355 e. The zero-order chi connectivity index (χ0) is 12.0. The van der Waals surface area contributed by atoms with Crippen LogP contribution in [-0.2, 0) is 0 Å². The molecular weight excluding hydrogens is 198 g/mol. The summed E-state index contributed by atoms with van der Waals surface area (Å²) in [5, 5.41) is 12.1. The molecule has 3 heteroatoms. The predicted molar refractivity (Wildman–Crippen MR) is 64.8 cm³/mol. The summed E-state index contributed by atoms with van der Waals surface area (Å²) >= 11 is 0. The number of terminal acetylenes is 1. The van der Waals surface area contributed by atoms with Gasteiger partial charge in [0.2, 0.25) is 0 Å². The van der Waals surface area contributed by atoms with Gasteiger partial charge < -0.3 is 5.32 Å². The Labute approximate surface area is 96.5 Å². The van der Waals surface area contributed by atoms with Crippen LogP contribution in [0.25, 0.3) is 0 Å². The Morgan fingerprint density at radius 1 is 1.56 bits per heavy atom. The molecular formula is C13H15N3. The SMILES string of the molecule is C#CC(CCC)Nc1nc(C)ccc1C#N. The normalized spacial score (nSPS) is 11.2.